The largest absolute Gasteiger partial charge is 0.497 e. The summed E-state index contributed by atoms with van der Waals surface area (Å²) in [5, 5.41) is 4.29. The highest BCUT2D eigenvalue weighted by molar-refractivity contribution is 5.92. The van der Waals surface area contributed by atoms with E-state index in [-0.39, 0.29) is 30.8 Å². The fraction of sp³-hybridized carbons (Fsp3) is 0.333. The molecular formula is C33H37N3O4. The van der Waals surface area contributed by atoms with Crippen molar-refractivity contribution in [2.75, 3.05) is 14.2 Å². The van der Waals surface area contributed by atoms with E-state index in [1.165, 1.54) is 6.42 Å². The van der Waals surface area contributed by atoms with E-state index in [1.54, 1.807) is 19.1 Å². The summed E-state index contributed by atoms with van der Waals surface area (Å²) in [7, 11) is 3.24. The van der Waals surface area contributed by atoms with Gasteiger partial charge >= 0.3 is 0 Å². The molecule has 7 heteroatoms. The summed E-state index contributed by atoms with van der Waals surface area (Å²) in [5.41, 5.74) is 3.50. The van der Waals surface area contributed by atoms with Crippen LogP contribution in [-0.4, -0.2) is 42.0 Å². The van der Waals surface area contributed by atoms with Crippen LogP contribution >= 0.6 is 0 Å². The number of benzene rings is 3. The lowest BCUT2D eigenvalue weighted by Crippen LogP contribution is -2.47. The predicted molar refractivity (Wildman–Crippen MR) is 156 cm³/mol. The van der Waals surface area contributed by atoms with Crippen LogP contribution in [0.2, 0.25) is 0 Å². The van der Waals surface area contributed by atoms with Gasteiger partial charge in [-0.1, -0.05) is 61.7 Å². The van der Waals surface area contributed by atoms with Crippen LogP contribution in [-0.2, 0) is 22.6 Å². The van der Waals surface area contributed by atoms with E-state index >= 15 is 0 Å². The molecule has 0 aliphatic heterocycles. The molecule has 208 valence electrons. The Morgan fingerprint density at radius 3 is 2.42 bits per heavy atom. The third-order valence-electron chi connectivity index (χ3n) is 7.77. The van der Waals surface area contributed by atoms with Gasteiger partial charge in [0, 0.05) is 29.7 Å². The Hall–Kier alpha value is -4.26. The van der Waals surface area contributed by atoms with Crippen LogP contribution in [0.25, 0.3) is 10.9 Å². The number of carbonyl (C=O) groups is 2. The minimum absolute atomic E-state index is 0.115. The number of fused-ring (bicyclic) bond motifs is 1. The average Bonchev–Trinajstić information content (AvgIpc) is 3.40. The molecule has 1 heterocycles. The number of aromatic nitrogens is 1. The molecule has 0 spiro atoms. The van der Waals surface area contributed by atoms with E-state index < -0.39 is 6.04 Å². The maximum atomic E-state index is 14.2. The van der Waals surface area contributed by atoms with Gasteiger partial charge in [0.15, 0.2) is 0 Å². The maximum absolute atomic E-state index is 14.2. The number of ether oxygens (including phenoxy) is 2. The molecule has 1 saturated carbocycles. The SMILES string of the molecule is COc1ccc([C@H](C(=O)NC2CCCCC2)N(Cc2cccc(OC)c2)C(=O)Cc2c[nH]c3ccccc23)cc1. The highest BCUT2D eigenvalue weighted by atomic mass is 16.5. The second-order valence-electron chi connectivity index (χ2n) is 10.4. The molecule has 3 aromatic carbocycles. The number of rotatable bonds is 10. The van der Waals surface area contributed by atoms with Crippen LogP contribution in [0.3, 0.4) is 0 Å². The van der Waals surface area contributed by atoms with E-state index in [2.05, 4.69) is 10.3 Å². The zero-order chi connectivity index (χ0) is 27.9. The first-order chi connectivity index (χ1) is 19.6. The number of aromatic amines is 1. The Balaban J connectivity index is 1.53. The van der Waals surface area contributed by atoms with Crippen molar-refractivity contribution in [1.29, 1.82) is 0 Å². The van der Waals surface area contributed by atoms with E-state index in [0.29, 0.717) is 11.5 Å². The molecule has 0 radical (unpaired) electrons. The van der Waals surface area contributed by atoms with Crippen molar-refractivity contribution < 1.29 is 19.1 Å². The smallest absolute Gasteiger partial charge is 0.247 e. The quantitative estimate of drug-likeness (QED) is 0.261. The van der Waals surface area contributed by atoms with Gasteiger partial charge in [0.1, 0.15) is 17.5 Å². The number of hydrogen-bond donors (Lipinski definition) is 2. The monoisotopic (exact) mass is 539 g/mol. The van der Waals surface area contributed by atoms with E-state index in [0.717, 1.165) is 53.3 Å². The van der Waals surface area contributed by atoms with Gasteiger partial charge in [-0.3, -0.25) is 9.59 Å². The first kappa shape index (κ1) is 27.3. The molecular weight excluding hydrogens is 502 g/mol. The molecule has 0 saturated heterocycles. The second-order valence-corrected chi connectivity index (χ2v) is 10.4. The number of hydrogen-bond acceptors (Lipinski definition) is 4. The van der Waals surface area contributed by atoms with Gasteiger partial charge in [-0.25, -0.2) is 0 Å². The molecule has 1 atom stereocenters. The van der Waals surface area contributed by atoms with Crippen molar-refractivity contribution in [3.05, 3.63) is 95.7 Å². The Kier molecular flexibility index (Phi) is 8.69. The molecule has 40 heavy (non-hydrogen) atoms. The highest BCUT2D eigenvalue weighted by Crippen LogP contribution is 2.29. The molecule has 5 rings (SSSR count). The van der Waals surface area contributed by atoms with Crippen LogP contribution < -0.4 is 14.8 Å². The lowest BCUT2D eigenvalue weighted by molar-refractivity contribution is -0.141. The average molecular weight is 540 g/mol. The van der Waals surface area contributed by atoms with Crippen LogP contribution in [0.1, 0.15) is 54.8 Å². The summed E-state index contributed by atoms with van der Waals surface area (Å²) in [5.74, 6) is 1.10. The van der Waals surface area contributed by atoms with Crippen LogP contribution in [0.15, 0.2) is 79.0 Å². The fourth-order valence-electron chi connectivity index (χ4n) is 5.62. The van der Waals surface area contributed by atoms with Crippen molar-refractivity contribution in [2.45, 2.75) is 57.2 Å². The topological polar surface area (TPSA) is 83.7 Å². The van der Waals surface area contributed by atoms with E-state index in [4.69, 9.17) is 9.47 Å². The van der Waals surface area contributed by atoms with E-state index in [1.807, 2.05) is 79.0 Å². The number of methoxy groups -OCH3 is 2. The number of nitrogens with one attached hydrogen (secondary N) is 2. The van der Waals surface area contributed by atoms with Gasteiger partial charge < -0.3 is 24.7 Å². The Labute approximate surface area is 235 Å². The zero-order valence-electron chi connectivity index (χ0n) is 23.2. The lowest BCUT2D eigenvalue weighted by atomic mass is 9.94. The van der Waals surface area contributed by atoms with Crippen molar-refractivity contribution in [3.8, 4) is 11.5 Å². The summed E-state index contributed by atoms with van der Waals surface area (Å²) < 4.78 is 10.8. The van der Waals surface area contributed by atoms with Gasteiger partial charge in [0.25, 0.3) is 0 Å². The van der Waals surface area contributed by atoms with Crippen molar-refractivity contribution in [1.82, 2.24) is 15.2 Å². The second kappa shape index (κ2) is 12.7. The van der Waals surface area contributed by atoms with Crippen molar-refractivity contribution in [3.63, 3.8) is 0 Å². The maximum Gasteiger partial charge on any atom is 0.247 e. The molecule has 1 aliphatic carbocycles. The summed E-state index contributed by atoms with van der Waals surface area (Å²) in [6.07, 6.45) is 7.37. The molecule has 2 amide bonds. The summed E-state index contributed by atoms with van der Waals surface area (Å²) >= 11 is 0. The number of carbonyl (C=O) groups excluding carboxylic acids is 2. The van der Waals surface area contributed by atoms with Crippen LogP contribution in [0.4, 0.5) is 0 Å². The Morgan fingerprint density at radius 2 is 1.68 bits per heavy atom. The minimum Gasteiger partial charge on any atom is -0.497 e. The summed E-state index contributed by atoms with van der Waals surface area (Å²) in [6.45, 7) is 0.257. The molecule has 1 aromatic heterocycles. The zero-order valence-corrected chi connectivity index (χ0v) is 23.2. The first-order valence-corrected chi connectivity index (χ1v) is 14.0. The number of H-pyrrole nitrogens is 1. The molecule has 4 aromatic rings. The van der Waals surface area contributed by atoms with E-state index in [9.17, 15) is 9.59 Å². The number of para-hydroxylation sites is 1. The fourth-order valence-corrected chi connectivity index (χ4v) is 5.62. The summed E-state index contributed by atoms with van der Waals surface area (Å²) in [6, 6.07) is 22.3. The van der Waals surface area contributed by atoms with Crippen LogP contribution in [0.5, 0.6) is 11.5 Å². The lowest BCUT2D eigenvalue weighted by Gasteiger charge is -2.33. The van der Waals surface area contributed by atoms with Crippen molar-refractivity contribution in [2.24, 2.45) is 0 Å². The third-order valence-corrected chi connectivity index (χ3v) is 7.77. The van der Waals surface area contributed by atoms with Gasteiger partial charge in [0.05, 0.1) is 20.6 Å². The highest BCUT2D eigenvalue weighted by Gasteiger charge is 2.33. The molecule has 1 aliphatic rings. The standard InChI is InChI=1S/C33H37N3O4/c1-39-27-17-15-24(16-18-27)32(33(38)35-26-10-4-3-5-11-26)36(22-23-9-8-12-28(19-23)40-2)31(37)20-25-21-34-30-14-7-6-13-29(25)30/h6-9,12-19,21,26,32,34H,3-5,10-11,20,22H2,1-2H3,(H,35,38)/t32-/m1/s1. The normalized spacial score (nSPS) is 14.4. The van der Waals surface area contributed by atoms with Gasteiger partial charge in [0.2, 0.25) is 11.8 Å². The Bertz CT molecular complexity index is 1440. The molecule has 0 unspecified atom stereocenters. The van der Waals surface area contributed by atoms with Gasteiger partial charge in [-0.15, -0.1) is 0 Å². The molecule has 1 fully saturated rings. The predicted octanol–water partition coefficient (Wildman–Crippen LogP) is 5.95. The van der Waals surface area contributed by atoms with Gasteiger partial charge in [-0.05, 0) is 59.9 Å². The molecule has 2 N–H and O–H groups in total. The van der Waals surface area contributed by atoms with Gasteiger partial charge in [-0.2, -0.15) is 0 Å². The first-order valence-electron chi connectivity index (χ1n) is 14.0. The van der Waals surface area contributed by atoms with Crippen LogP contribution in [0, 0.1) is 0 Å². The Morgan fingerprint density at radius 1 is 0.925 bits per heavy atom. The number of nitrogens with zero attached hydrogens (tertiary/aromatic N) is 1. The molecule has 7 nitrogen and oxygen atoms in total. The summed E-state index contributed by atoms with van der Waals surface area (Å²) in [4.78, 5) is 33.3. The third kappa shape index (κ3) is 6.30. The van der Waals surface area contributed by atoms with Crippen molar-refractivity contribution >= 4 is 22.7 Å². The minimum atomic E-state index is -0.809. The molecule has 0 bridgehead atoms. The number of amides is 2.